The first-order valence-corrected chi connectivity index (χ1v) is 5.20. The van der Waals surface area contributed by atoms with Crippen molar-refractivity contribution in [2.75, 3.05) is 0 Å². The van der Waals surface area contributed by atoms with Crippen LogP contribution < -0.4 is 5.32 Å². The van der Waals surface area contributed by atoms with E-state index in [4.69, 9.17) is 11.6 Å². The van der Waals surface area contributed by atoms with E-state index in [9.17, 15) is 4.79 Å². The number of carbonyl (C=O) groups excluding carboxylic acids is 1. The van der Waals surface area contributed by atoms with Gasteiger partial charge in [-0.15, -0.1) is 0 Å². The molecule has 1 amide bonds. The van der Waals surface area contributed by atoms with Crippen molar-refractivity contribution in [3.8, 4) is 0 Å². The molecule has 0 atom stereocenters. The molecule has 3 heteroatoms. The van der Waals surface area contributed by atoms with Crippen molar-refractivity contribution in [3.05, 3.63) is 34.9 Å². The lowest BCUT2D eigenvalue weighted by Gasteiger charge is -2.26. The lowest BCUT2D eigenvalue weighted by Crippen LogP contribution is -2.39. The molecule has 0 spiro atoms. The van der Waals surface area contributed by atoms with Gasteiger partial charge in [0.1, 0.15) is 0 Å². The van der Waals surface area contributed by atoms with Gasteiger partial charge in [0.25, 0.3) is 5.91 Å². The summed E-state index contributed by atoms with van der Waals surface area (Å²) in [6.45, 7) is 0. The van der Waals surface area contributed by atoms with Gasteiger partial charge in [-0.1, -0.05) is 17.7 Å². The quantitative estimate of drug-likeness (QED) is 0.797. The molecule has 0 radical (unpaired) electrons. The summed E-state index contributed by atoms with van der Waals surface area (Å²) in [6, 6.07) is 7.40. The predicted molar refractivity (Wildman–Crippen MR) is 56.6 cm³/mol. The van der Waals surface area contributed by atoms with Gasteiger partial charge in [0.2, 0.25) is 0 Å². The zero-order chi connectivity index (χ0) is 9.97. The Labute approximate surface area is 88.3 Å². The Morgan fingerprint density at radius 1 is 1.43 bits per heavy atom. The number of hydrogen-bond donors (Lipinski definition) is 1. The van der Waals surface area contributed by atoms with Gasteiger partial charge in [-0.25, -0.2) is 0 Å². The van der Waals surface area contributed by atoms with E-state index in [2.05, 4.69) is 5.32 Å². The van der Waals surface area contributed by atoms with Crippen LogP contribution in [0.25, 0.3) is 0 Å². The number of amides is 1. The molecule has 1 aromatic rings. The van der Waals surface area contributed by atoms with E-state index < -0.39 is 0 Å². The molecule has 0 bridgehead atoms. The summed E-state index contributed by atoms with van der Waals surface area (Å²) in [4.78, 5) is 11.6. The Morgan fingerprint density at radius 2 is 2.21 bits per heavy atom. The third kappa shape index (κ3) is 2.07. The van der Waals surface area contributed by atoms with E-state index in [1.807, 2.05) is 0 Å². The van der Waals surface area contributed by atoms with E-state index in [1.165, 1.54) is 6.42 Å². The second-order valence-corrected chi connectivity index (χ2v) is 4.05. The van der Waals surface area contributed by atoms with Crippen LogP contribution in [0.15, 0.2) is 24.3 Å². The number of hydrogen-bond acceptors (Lipinski definition) is 1. The highest BCUT2D eigenvalue weighted by atomic mass is 35.5. The van der Waals surface area contributed by atoms with Gasteiger partial charge in [-0.3, -0.25) is 4.79 Å². The normalized spacial score (nSPS) is 16.1. The second kappa shape index (κ2) is 4.01. The van der Waals surface area contributed by atoms with Gasteiger partial charge in [0.05, 0.1) is 0 Å². The molecule has 0 unspecified atom stereocenters. The summed E-state index contributed by atoms with van der Waals surface area (Å²) in [5.74, 6) is -0.0165. The Kier molecular flexibility index (Phi) is 2.73. The van der Waals surface area contributed by atoms with Gasteiger partial charge in [0, 0.05) is 16.6 Å². The average Bonchev–Trinajstić information content (AvgIpc) is 2.11. The van der Waals surface area contributed by atoms with Crippen LogP contribution in [0.3, 0.4) is 0 Å². The van der Waals surface area contributed by atoms with Crippen molar-refractivity contribution >= 4 is 17.5 Å². The molecule has 0 aliphatic heterocycles. The Balaban J connectivity index is 2.02. The van der Waals surface area contributed by atoms with Crippen molar-refractivity contribution < 1.29 is 4.79 Å². The summed E-state index contributed by atoms with van der Waals surface area (Å²) in [5, 5.41) is 3.57. The Bertz CT molecular complexity index is 347. The van der Waals surface area contributed by atoms with Crippen molar-refractivity contribution in [2.45, 2.75) is 25.3 Å². The average molecular weight is 210 g/mol. The van der Waals surface area contributed by atoms with Crippen LogP contribution in [0.1, 0.15) is 29.6 Å². The summed E-state index contributed by atoms with van der Waals surface area (Å²) in [5.41, 5.74) is 0.643. The molecule has 0 aromatic heterocycles. The van der Waals surface area contributed by atoms with E-state index in [-0.39, 0.29) is 5.91 Å². The first-order chi connectivity index (χ1) is 6.75. The molecule has 14 heavy (non-hydrogen) atoms. The summed E-state index contributed by atoms with van der Waals surface area (Å²) in [7, 11) is 0. The van der Waals surface area contributed by atoms with E-state index >= 15 is 0 Å². The highest BCUT2D eigenvalue weighted by Crippen LogP contribution is 2.19. The maximum atomic E-state index is 11.6. The third-order valence-electron chi connectivity index (χ3n) is 2.53. The number of rotatable bonds is 2. The maximum absolute atomic E-state index is 11.6. The standard InChI is InChI=1S/C11H12ClNO/c12-9-4-1-3-8(7-9)11(14)13-10-5-2-6-10/h1,3-4,7,10H,2,5-6H2,(H,13,14). The van der Waals surface area contributed by atoms with Crippen LogP contribution in [-0.2, 0) is 0 Å². The molecule has 1 aliphatic rings. The second-order valence-electron chi connectivity index (χ2n) is 3.61. The molecule has 74 valence electrons. The van der Waals surface area contributed by atoms with Gasteiger partial charge in [-0.2, -0.15) is 0 Å². The van der Waals surface area contributed by atoms with Crippen LogP contribution in [0.2, 0.25) is 5.02 Å². The minimum absolute atomic E-state index is 0.0165. The minimum atomic E-state index is -0.0165. The largest absolute Gasteiger partial charge is 0.349 e. The van der Waals surface area contributed by atoms with Gasteiger partial charge in [0.15, 0.2) is 0 Å². The third-order valence-corrected chi connectivity index (χ3v) is 2.76. The molecule has 0 heterocycles. The van der Waals surface area contributed by atoms with Crippen LogP contribution >= 0.6 is 11.6 Å². The molecular weight excluding hydrogens is 198 g/mol. The summed E-state index contributed by atoms with van der Waals surface area (Å²) in [6.07, 6.45) is 3.43. The molecule has 1 aromatic carbocycles. The highest BCUT2D eigenvalue weighted by Gasteiger charge is 2.19. The molecule has 1 N–H and O–H groups in total. The first kappa shape index (κ1) is 9.53. The topological polar surface area (TPSA) is 29.1 Å². The number of carbonyl (C=O) groups is 1. The van der Waals surface area contributed by atoms with E-state index in [0.29, 0.717) is 16.6 Å². The van der Waals surface area contributed by atoms with Gasteiger partial charge >= 0.3 is 0 Å². The van der Waals surface area contributed by atoms with Crippen LogP contribution in [0.4, 0.5) is 0 Å². The van der Waals surface area contributed by atoms with E-state index in [1.54, 1.807) is 24.3 Å². The number of nitrogens with one attached hydrogen (secondary N) is 1. The van der Waals surface area contributed by atoms with Crippen molar-refractivity contribution in [2.24, 2.45) is 0 Å². The van der Waals surface area contributed by atoms with E-state index in [0.717, 1.165) is 12.8 Å². The van der Waals surface area contributed by atoms with Crippen LogP contribution in [0.5, 0.6) is 0 Å². The predicted octanol–water partition coefficient (Wildman–Crippen LogP) is 2.62. The molecule has 1 fully saturated rings. The van der Waals surface area contributed by atoms with Crippen molar-refractivity contribution in [1.82, 2.24) is 5.32 Å². The van der Waals surface area contributed by atoms with Crippen LogP contribution in [-0.4, -0.2) is 11.9 Å². The smallest absolute Gasteiger partial charge is 0.251 e. The Hall–Kier alpha value is -1.02. The fraction of sp³-hybridized carbons (Fsp3) is 0.364. The lowest BCUT2D eigenvalue weighted by molar-refractivity contribution is 0.0917. The van der Waals surface area contributed by atoms with Gasteiger partial charge in [-0.05, 0) is 37.5 Å². The minimum Gasteiger partial charge on any atom is -0.349 e. The van der Waals surface area contributed by atoms with Crippen molar-refractivity contribution in [1.29, 1.82) is 0 Å². The maximum Gasteiger partial charge on any atom is 0.251 e. The fourth-order valence-electron chi connectivity index (χ4n) is 1.45. The molecule has 1 saturated carbocycles. The molecule has 0 saturated heterocycles. The first-order valence-electron chi connectivity index (χ1n) is 4.82. The number of halogens is 1. The van der Waals surface area contributed by atoms with Gasteiger partial charge < -0.3 is 5.32 Å². The fourth-order valence-corrected chi connectivity index (χ4v) is 1.64. The van der Waals surface area contributed by atoms with Crippen molar-refractivity contribution in [3.63, 3.8) is 0 Å². The monoisotopic (exact) mass is 209 g/mol. The molecular formula is C11H12ClNO. The van der Waals surface area contributed by atoms with Crippen LogP contribution in [0, 0.1) is 0 Å². The molecule has 1 aliphatic carbocycles. The SMILES string of the molecule is O=C(NC1CCC1)c1cccc(Cl)c1. The number of benzene rings is 1. The highest BCUT2D eigenvalue weighted by molar-refractivity contribution is 6.30. The zero-order valence-corrected chi connectivity index (χ0v) is 8.55. The molecule has 2 nitrogen and oxygen atoms in total. The lowest BCUT2D eigenvalue weighted by atomic mass is 9.93. The zero-order valence-electron chi connectivity index (χ0n) is 7.79. The molecule has 2 rings (SSSR count). The summed E-state index contributed by atoms with van der Waals surface area (Å²) < 4.78 is 0. The summed E-state index contributed by atoms with van der Waals surface area (Å²) >= 11 is 5.79. The Morgan fingerprint density at radius 3 is 2.79 bits per heavy atom.